The van der Waals surface area contributed by atoms with Crippen molar-refractivity contribution in [3.63, 3.8) is 0 Å². The zero-order valence-corrected chi connectivity index (χ0v) is 39.0. The molecule has 3 saturated carbocycles. The Morgan fingerprint density at radius 3 is 1.98 bits per heavy atom. The van der Waals surface area contributed by atoms with Crippen molar-refractivity contribution in [1.82, 2.24) is 0 Å². The summed E-state index contributed by atoms with van der Waals surface area (Å²) in [5.41, 5.74) is 5.69. The number of fused-ring (bicyclic) bond motifs is 5. The molecule has 0 aromatic heterocycles. The minimum atomic E-state index is -0.181. The van der Waals surface area contributed by atoms with Crippen molar-refractivity contribution in [2.75, 3.05) is 0 Å². The van der Waals surface area contributed by atoms with Crippen LogP contribution in [0.3, 0.4) is 0 Å². The van der Waals surface area contributed by atoms with Crippen LogP contribution in [-0.4, -0.2) is 18.0 Å². The van der Waals surface area contributed by atoms with Gasteiger partial charge in [-0.15, -0.1) is 0 Å². The maximum atomic E-state index is 13.0. The Labute approximate surface area is 375 Å². The highest BCUT2D eigenvalue weighted by Gasteiger charge is 2.59. The fourth-order valence-electron chi connectivity index (χ4n) is 12.8. The average Bonchev–Trinajstić information content (AvgIpc) is 3.63. The largest absolute Gasteiger partial charge is 0.489 e. The number of ether oxygens (including phenoxy) is 3. The maximum Gasteiger partial charge on any atom is 0.311 e. The van der Waals surface area contributed by atoms with Crippen LogP contribution in [0.2, 0.25) is 0 Å². The van der Waals surface area contributed by atoms with Crippen LogP contribution in [0.1, 0.15) is 169 Å². The lowest BCUT2D eigenvalue weighted by Gasteiger charge is -2.58. The van der Waals surface area contributed by atoms with E-state index in [9.17, 15) is 9.59 Å². The van der Waals surface area contributed by atoms with Crippen LogP contribution < -0.4 is 9.47 Å². The molecule has 0 heterocycles. The maximum absolute atomic E-state index is 13.0. The third-order valence-electron chi connectivity index (χ3n) is 16.3. The summed E-state index contributed by atoms with van der Waals surface area (Å²) in [7, 11) is 0. The highest BCUT2D eigenvalue weighted by Crippen LogP contribution is 2.67. The van der Waals surface area contributed by atoms with E-state index in [0.717, 1.165) is 116 Å². The number of allylic oxidation sites excluding steroid dienone is 1. The number of hydrogen-bond donors (Lipinski definition) is 0. The number of esters is 2. The lowest BCUT2D eigenvalue weighted by atomic mass is 9.47. The molecule has 4 aliphatic rings. The van der Waals surface area contributed by atoms with E-state index >= 15 is 0 Å². The van der Waals surface area contributed by atoms with Gasteiger partial charge in [0.15, 0.2) is 0 Å². The minimum Gasteiger partial charge on any atom is -0.489 e. The van der Waals surface area contributed by atoms with Crippen molar-refractivity contribution in [1.29, 1.82) is 0 Å². The highest BCUT2D eigenvalue weighted by atomic mass is 16.5. The fraction of sp³-hybridized carbons (Fsp3) is 0.614. The summed E-state index contributed by atoms with van der Waals surface area (Å²) in [6.07, 6.45) is 25.0. The van der Waals surface area contributed by atoms with E-state index in [4.69, 9.17) is 14.2 Å². The molecule has 0 amide bonds. The Morgan fingerprint density at radius 2 is 1.31 bits per heavy atom. The Kier molecular flexibility index (Phi) is 16.1. The van der Waals surface area contributed by atoms with Gasteiger partial charge in [0.05, 0.1) is 0 Å². The molecule has 0 N–H and O–H groups in total. The van der Waals surface area contributed by atoms with Gasteiger partial charge in [-0.05, 0) is 145 Å². The molecule has 0 radical (unpaired) electrons. The molecular formula is C57H78O5. The summed E-state index contributed by atoms with van der Waals surface area (Å²) in [4.78, 5) is 25.5. The number of benzene rings is 3. The molecule has 7 rings (SSSR count). The van der Waals surface area contributed by atoms with Crippen molar-refractivity contribution in [2.45, 2.75) is 176 Å². The van der Waals surface area contributed by atoms with Gasteiger partial charge in [0, 0.05) is 19.3 Å². The molecule has 5 heteroatoms. The van der Waals surface area contributed by atoms with Gasteiger partial charge in [0.25, 0.3) is 0 Å². The summed E-state index contributed by atoms with van der Waals surface area (Å²) in [5, 5.41) is 0. The van der Waals surface area contributed by atoms with Crippen molar-refractivity contribution in [2.24, 2.45) is 46.3 Å². The Balaban J connectivity index is 0.730. The fourth-order valence-corrected chi connectivity index (χ4v) is 12.8. The normalized spacial score (nSPS) is 27.1. The number of carbonyl (C=O) groups excluding carboxylic acids is 2. The van der Waals surface area contributed by atoms with Gasteiger partial charge < -0.3 is 14.2 Å². The quantitative estimate of drug-likeness (QED) is 0.0463. The molecule has 3 fully saturated rings. The van der Waals surface area contributed by atoms with Crippen LogP contribution in [0.25, 0.3) is 11.1 Å². The third kappa shape index (κ3) is 11.6. The zero-order chi connectivity index (χ0) is 43.5. The third-order valence-corrected chi connectivity index (χ3v) is 16.3. The second-order valence-corrected chi connectivity index (χ2v) is 20.9. The van der Waals surface area contributed by atoms with Crippen molar-refractivity contribution < 1.29 is 23.8 Å². The number of hydrogen-bond acceptors (Lipinski definition) is 5. The average molecular weight is 843 g/mol. The summed E-state index contributed by atoms with van der Waals surface area (Å²) < 4.78 is 17.7. The van der Waals surface area contributed by atoms with Gasteiger partial charge in [-0.1, -0.05) is 152 Å². The van der Waals surface area contributed by atoms with Crippen LogP contribution in [0, 0.1) is 46.3 Å². The van der Waals surface area contributed by atoms with E-state index in [1.54, 1.807) is 5.57 Å². The van der Waals surface area contributed by atoms with E-state index in [0.29, 0.717) is 30.6 Å². The predicted octanol–water partition coefficient (Wildman–Crippen LogP) is 15.3. The molecule has 5 nitrogen and oxygen atoms in total. The van der Waals surface area contributed by atoms with Gasteiger partial charge in [-0.25, -0.2) is 0 Å². The topological polar surface area (TPSA) is 61.8 Å². The van der Waals surface area contributed by atoms with Crippen molar-refractivity contribution in [3.05, 3.63) is 96.1 Å². The summed E-state index contributed by atoms with van der Waals surface area (Å²) in [6.45, 7) is 13.1. The van der Waals surface area contributed by atoms with E-state index in [-0.39, 0.29) is 23.5 Å². The number of rotatable bonds is 21. The smallest absolute Gasteiger partial charge is 0.311 e. The van der Waals surface area contributed by atoms with Gasteiger partial charge in [0.1, 0.15) is 24.2 Å². The van der Waals surface area contributed by atoms with Crippen LogP contribution >= 0.6 is 0 Å². The molecule has 0 aliphatic heterocycles. The number of unbranched alkanes of at least 4 members (excludes halogenated alkanes) is 6. The molecule has 0 unspecified atom stereocenters. The van der Waals surface area contributed by atoms with E-state index in [1.165, 1.54) is 57.8 Å². The first-order valence-corrected chi connectivity index (χ1v) is 25.0. The molecule has 336 valence electrons. The molecule has 0 spiro atoms. The van der Waals surface area contributed by atoms with E-state index in [1.807, 2.05) is 66.7 Å². The van der Waals surface area contributed by atoms with Crippen LogP contribution in [0.15, 0.2) is 90.5 Å². The highest BCUT2D eigenvalue weighted by molar-refractivity contribution is 5.73. The monoisotopic (exact) mass is 843 g/mol. The molecule has 3 aromatic carbocycles. The second-order valence-electron chi connectivity index (χ2n) is 20.9. The first-order valence-electron chi connectivity index (χ1n) is 25.0. The summed E-state index contributed by atoms with van der Waals surface area (Å²) in [5.74, 6) is 6.31. The van der Waals surface area contributed by atoms with E-state index < -0.39 is 0 Å². The zero-order valence-electron chi connectivity index (χ0n) is 39.0. The summed E-state index contributed by atoms with van der Waals surface area (Å²) >= 11 is 0. The van der Waals surface area contributed by atoms with Crippen molar-refractivity contribution in [3.8, 4) is 22.6 Å². The van der Waals surface area contributed by atoms with Gasteiger partial charge in [0.2, 0.25) is 0 Å². The Hall–Kier alpha value is -3.86. The SMILES string of the molecule is CC(C)CCC[C@@H](C)[C@H]1CC[C@H]2[C@@H]3CC=C4C[C@@H](OC(=O)CCCCCCCCCC(=O)Oc5ccc(-c6ccc(OCc7ccccc7)cc6)cc5)CC[C@]4(C)[C@H]3CC[C@]12C. The first-order chi connectivity index (χ1) is 30.0. The van der Waals surface area contributed by atoms with Crippen LogP contribution in [-0.2, 0) is 20.9 Å². The van der Waals surface area contributed by atoms with Crippen LogP contribution in [0.5, 0.6) is 11.5 Å². The lowest BCUT2D eigenvalue weighted by molar-refractivity contribution is -0.151. The predicted molar refractivity (Wildman–Crippen MR) is 253 cm³/mol. The minimum absolute atomic E-state index is 0.00657. The Bertz CT molecular complexity index is 1900. The number of carbonyl (C=O) groups is 2. The lowest BCUT2D eigenvalue weighted by Crippen LogP contribution is -2.51. The molecular weight excluding hydrogens is 765 g/mol. The first kappa shape index (κ1) is 46.1. The Morgan fingerprint density at radius 1 is 0.661 bits per heavy atom. The van der Waals surface area contributed by atoms with E-state index in [2.05, 4.69) is 52.8 Å². The molecule has 8 atom stereocenters. The molecule has 62 heavy (non-hydrogen) atoms. The van der Waals surface area contributed by atoms with Crippen molar-refractivity contribution >= 4 is 11.9 Å². The standard InChI is InChI=1S/C57H78O5/c1-41(2)17-16-18-42(3)51-33-34-52-50-32-27-46-39-49(35-37-56(46,4)53(50)36-38-57(51,52)5)62-55(59)22-15-10-8-6-7-9-14-21-54(58)61-48-30-25-45(26-31-48)44-23-28-47(29-24-44)60-40-43-19-12-11-13-20-43/h11-13,19-20,23-31,41-42,49-53H,6-10,14-18,21-22,32-40H2,1-5H3/t42-,49+,50+,51-,52+,53+,56+,57-/m1/s1. The molecule has 3 aromatic rings. The second kappa shape index (κ2) is 21.7. The molecule has 0 bridgehead atoms. The van der Waals surface area contributed by atoms with Gasteiger partial charge in [-0.3, -0.25) is 9.59 Å². The van der Waals surface area contributed by atoms with Crippen LogP contribution in [0.4, 0.5) is 0 Å². The molecule has 0 saturated heterocycles. The summed E-state index contributed by atoms with van der Waals surface area (Å²) in [6, 6.07) is 25.9. The molecule has 4 aliphatic carbocycles. The van der Waals surface area contributed by atoms with Gasteiger partial charge in [-0.2, -0.15) is 0 Å². The van der Waals surface area contributed by atoms with Gasteiger partial charge >= 0.3 is 11.9 Å².